The minimum absolute atomic E-state index is 0.193. The summed E-state index contributed by atoms with van der Waals surface area (Å²) >= 11 is 7.75. The largest absolute Gasteiger partial charge is 0.343 e. The van der Waals surface area contributed by atoms with Gasteiger partial charge in [-0.2, -0.15) is 0 Å². The molecule has 0 amide bonds. The summed E-state index contributed by atoms with van der Waals surface area (Å²) in [5.41, 5.74) is 1.82. The molecular formula is C15H12ClFN2S. The Labute approximate surface area is 125 Å². The van der Waals surface area contributed by atoms with Crippen LogP contribution >= 0.6 is 22.9 Å². The first-order valence-electron chi connectivity index (χ1n) is 6.15. The van der Waals surface area contributed by atoms with E-state index in [1.165, 1.54) is 12.1 Å². The molecule has 1 unspecified atom stereocenters. The van der Waals surface area contributed by atoms with Crippen LogP contribution < -0.4 is 5.32 Å². The fraction of sp³-hybridized carbons (Fsp3) is 0.133. The average molecular weight is 307 g/mol. The molecule has 1 aromatic carbocycles. The summed E-state index contributed by atoms with van der Waals surface area (Å²) in [6, 6.07) is 8.22. The van der Waals surface area contributed by atoms with E-state index in [2.05, 4.69) is 10.3 Å². The third-order valence-electron chi connectivity index (χ3n) is 3.03. The fourth-order valence-corrected chi connectivity index (χ4v) is 3.07. The molecule has 20 heavy (non-hydrogen) atoms. The lowest BCUT2D eigenvalue weighted by molar-refractivity contribution is 0.626. The van der Waals surface area contributed by atoms with Crippen LogP contribution in [0.2, 0.25) is 5.02 Å². The molecule has 1 atom stereocenters. The van der Waals surface area contributed by atoms with Crippen molar-refractivity contribution in [3.8, 4) is 0 Å². The Hall–Kier alpha value is -1.65. The zero-order valence-electron chi connectivity index (χ0n) is 10.7. The van der Waals surface area contributed by atoms with Gasteiger partial charge < -0.3 is 5.32 Å². The Morgan fingerprint density at radius 3 is 2.90 bits per heavy atom. The van der Waals surface area contributed by atoms with Crippen molar-refractivity contribution in [1.29, 1.82) is 0 Å². The monoisotopic (exact) mass is 306 g/mol. The molecule has 0 saturated heterocycles. The topological polar surface area (TPSA) is 24.4 Å². The predicted octanol–water partition coefficient (Wildman–Crippen LogP) is 4.54. The van der Waals surface area contributed by atoms with Crippen molar-refractivity contribution in [2.75, 3.05) is 0 Å². The number of thiophene rings is 1. The van der Waals surface area contributed by atoms with Crippen molar-refractivity contribution in [2.24, 2.45) is 4.99 Å². The molecule has 5 heteroatoms. The van der Waals surface area contributed by atoms with Gasteiger partial charge in [-0.15, -0.1) is 11.3 Å². The molecule has 1 aromatic heterocycles. The standard InChI is InChI=1S/C15H12ClFN2S/c1-9-7-13(11-5-4-10(17)8-12(11)16)19-15(18-9)14-3-2-6-20-14/h2-8,13H,1H3,(H,18,19). The lowest BCUT2D eigenvalue weighted by atomic mass is 10.0. The second kappa shape index (κ2) is 5.38. The molecule has 0 bridgehead atoms. The molecule has 3 rings (SSSR count). The maximum atomic E-state index is 13.1. The zero-order chi connectivity index (χ0) is 14.1. The maximum Gasteiger partial charge on any atom is 0.143 e. The van der Waals surface area contributed by atoms with E-state index in [1.54, 1.807) is 17.4 Å². The number of rotatable bonds is 2. The highest BCUT2D eigenvalue weighted by molar-refractivity contribution is 7.12. The SMILES string of the molecule is CC1=CC(c2ccc(F)cc2Cl)N=C(c2cccs2)N1. The molecule has 1 N–H and O–H groups in total. The van der Waals surface area contributed by atoms with Crippen molar-refractivity contribution in [3.63, 3.8) is 0 Å². The van der Waals surface area contributed by atoms with Crippen LogP contribution in [0.15, 0.2) is 52.5 Å². The Morgan fingerprint density at radius 2 is 2.20 bits per heavy atom. The number of halogens is 2. The van der Waals surface area contributed by atoms with Gasteiger partial charge in [0.25, 0.3) is 0 Å². The molecule has 2 heterocycles. The molecule has 0 spiro atoms. The summed E-state index contributed by atoms with van der Waals surface area (Å²) < 4.78 is 13.1. The molecule has 0 radical (unpaired) electrons. The first-order valence-corrected chi connectivity index (χ1v) is 7.41. The highest BCUT2D eigenvalue weighted by Gasteiger charge is 2.19. The van der Waals surface area contributed by atoms with Crippen LogP contribution in [0.5, 0.6) is 0 Å². The molecule has 1 aliphatic rings. The van der Waals surface area contributed by atoms with Gasteiger partial charge in [-0.1, -0.05) is 23.7 Å². The third kappa shape index (κ3) is 2.62. The molecule has 2 nitrogen and oxygen atoms in total. The summed E-state index contributed by atoms with van der Waals surface area (Å²) in [6.45, 7) is 1.98. The van der Waals surface area contributed by atoms with E-state index in [0.717, 1.165) is 22.0 Å². The predicted molar refractivity (Wildman–Crippen MR) is 81.9 cm³/mol. The number of hydrogen-bond donors (Lipinski definition) is 1. The second-order valence-electron chi connectivity index (χ2n) is 4.54. The molecule has 102 valence electrons. The van der Waals surface area contributed by atoms with Crippen LogP contribution in [0.1, 0.15) is 23.4 Å². The first kappa shape index (κ1) is 13.3. The van der Waals surface area contributed by atoms with Crippen molar-refractivity contribution in [1.82, 2.24) is 5.32 Å². The van der Waals surface area contributed by atoms with Crippen LogP contribution in [0, 0.1) is 5.82 Å². The molecule has 0 saturated carbocycles. The van der Waals surface area contributed by atoms with Gasteiger partial charge >= 0.3 is 0 Å². The Kier molecular flexibility index (Phi) is 3.59. The van der Waals surface area contributed by atoms with Crippen molar-refractivity contribution < 1.29 is 4.39 Å². The van der Waals surface area contributed by atoms with E-state index in [9.17, 15) is 4.39 Å². The fourth-order valence-electron chi connectivity index (χ4n) is 2.11. The van der Waals surface area contributed by atoms with Crippen LogP contribution in [0.4, 0.5) is 4.39 Å². The number of amidine groups is 1. The van der Waals surface area contributed by atoms with Gasteiger partial charge in [-0.25, -0.2) is 4.39 Å². The van der Waals surface area contributed by atoms with E-state index < -0.39 is 0 Å². The number of aliphatic imine (C=N–C) groups is 1. The van der Waals surface area contributed by atoms with Crippen molar-refractivity contribution >= 4 is 28.8 Å². The second-order valence-corrected chi connectivity index (χ2v) is 5.90. The van der Waals surface area contributed by atoms with E-state index in [-0.39, 0.29) is 11.9 Å². The van der Waals surface area contributed by atoms with Crippen LogP contribution in [0.3, 0.4) is 0 Å². The Bertz CT molecular complexity index is 692. The van der Waals surface area contributed by atoms with Crippen molar-refractivity contribution in [3.05, 3.63) is 68.8 Å². The quantitative estimate of drug-likeness (QED) is 0.865. The number of nitrogens with one attached hydrogen (secondary N) is 1. The average Bonchev–Trinajstić information content (AvgIpc) is 2.91. The summed E-state index contributed by atoms with van der Waals surface area (Å²) in [7, 11) is 0. The highest BCUT2D eigenvalue weighted by atomic mass is 35.5. The van der Waals surface area contributed by atoms with Gasteiger partial charge in [0.15, 0.2) is 0 Å². The van der Waals surface area contributed by atoms with Crippen LogP contribution in [0.25, 0.3) is 0 Å². The smallest absolute Gasteiger partial charge is 0.143 e. The summed E-state index contributed by atoms with van der Waals surface area (Å²) in [4.78, 5) is 5.74. The summed E-state index contributed by atoms with van der Waals surface area (Å²) in [6.07, 6.45) is 1.98. The Morgan fingerprint density at radius 1 is 1.35 bits per heavy atom. The molecular weight excluding hydrogens is 295 g/mol. The van der Waals surface area contributed by atoms with Gasteiger partial charge in [0.05, 0.1) is 10.9 Å². The molecule has 1 aliphatic heterocycles. The molecule has 0 fully saturated rings. The van der Waals surface area contributed by atoms with E-state index in [0.29, 0.717) is 5.02 Å². The van der Waals surface area contributed by atoms with Crippen LogP contribution in [-0.4, -0.2) is 5.84 Å². The third-order valence-corrected chi connectivity index (χ3v) is 4.23. The minimum Gasteiger partial charge on any atom is -0.343 e. The molecule has 0 aliphatic carbocycles. The number of hydrogen-bond acceptors (Lipinski definition) is 3. The summed E-state index contributed by atoms with van der Waals surface area (Å²) in [5, 5.41) is 5.66. The van der Waals surface area contributed by atoms with Gasteiger partial charge in [0.2, 0.25) is 0 Å². The Balaban J connectivity index is 2.01. The van der Waals surface area contributed by atoms with Gasteiger partial charge in [0, 0.05) is 10.7 Å². The zero-order valence-corrected chi connectivity index (χ0v) is 12.3. The van der Waals surface area contributed by atoms with Gasteiger partial charge in [-0.3, -0.25) is 4.99 Å². The lowest BCUT2D eigenvalue weighted by Crippen LogP contribution is -2.26. The van der Waals surface area contributed by atoms with Gasteiger partial charge in [-0.05, 0) is 42.1 Å². The maximum absolute atomic E-state index is 13.1. The van der Waals surface area contributed by atoms with Gasteiger partial charge in [0.1, 0.15) is 11.7 Å². The van der Waals surface area contributed by atoms with E-state index in [4.69, 9.17) is 11.6 Å². The number of benzene rings is 1. The van der Waals surface area contributed by atoms with Crippen molar-refractivity contribution in [2.45, 2.75) is 13.0 Å². The lowest BCUT2D eigenvalue weighted by Gasteiger charge is -2.20. The highest BCUT2D eigenvalue weighted by Crippen LogP contribution is 2.30. The minimum atomic E-state index is -0.337. The van der Waals surface area contributed by atoms with Crippen LogP contribution in [-0.2, 0) is 0 Å². The number of allylic oxidation sites excluding steroid dienone is 1. The normalized spacial score (nSPS) is 18.2. The van der Waals surface area contributed by atoms with E-state index in [1.807, 2.05) is 30.5 Å². The summed E-state index contributed by atoms with van der Waals surface area (Å²) in [5.74, 6) is 0.487. The van der Waals surface area contributed by atoms with E-state index >= 15 is 0 Å². The molecule has 2 aromatic rings. The first-order chi connectivity index (χ1) is 9.63. The number of nitrogens with zero attached hydrogens (tertiary/aromatic N) is 1.